The van der Waals surface area contributed by atoms with Crippen molar-refractivity contribution in [3.8, 4) is 11.5 Å². The molecule has 2 aromatic carbocycles. The summed E-state index contributed by atoms with van der Waals surface area (Å²) < 4.78 is 16.3. The summed E-state index contributed by atoms with van der Waals surface area (Å²) in [5.41, 5.74) is 3.02. The van der Waals surface area contributed by atoms with Crippen LogP contribution in [0.2, 0.25) is 0 Å². The minimum absolute atomic E-state index is 0.184. The molecule has 0 atom stereocenters. The molecule has 3 rings (SSSR count). The maximum atomic E-state index is 12.4. The van der Waals surface area contributed by atoms with Gasteiger partial charge in [-0.15, -0.1) is 0 Å². The molecule has 0 bridgehead atoms. The van der Waals surface area contributed by atoms with Crippen LogP contribution in [0.4, 0.5) is 5.69 Å². The second-order valence-electron chi connectivity index (χ2n) is 6.03. The second-order valence-corrected chi connectivity index (χ2v) is 6.03. The third kappa shape index (κ3) is 4.67. The Morgan fingerprint density at radius 1 is 1.00 bits per heavy atom. The van der Waals surface area contributed by atoms with E-state index in [1.807, 2.05) is 45.0 Å². The Morgan fingerprint density at radius 3 is 2.22 bits per heavy atom. The van der Waals surface area contributed by atoms with E-state index < -0.39 is 0 Å². The Bertz CT molecular complexity index is 879. The molecule has 140 valence electrons. The number of aryl methyl sites for hydroxylation is 2. The summed E-state index contributed by atoms with van der Waals surface area (Å²) in [5, 5.41) is 6.77. The molecule has 3 aromatic rings. The lowest BCUT2D eigenvalue weighted by Gasteiger charge is -2.09. The quantitative estimate of drug-likeness (QED) is 0.665. The lowest BCUT2D eigenvalue weighted by Crippen LogP contribution is -2.11. The number of hydrogen-bond acceptors (Lipinski definition) is 5. The zero-order valence-corrected chi connectivity index (χ0v) is 15.6. The van der Waals surface area contributed by atoms with Crippen LogP contribution in [0.3, 0.4) is 0 Å². The minimum atomic E-state index is -0.184. The number of nitrogens with one attached hydrogen (secondary N) is 1. The van der Waals surface area contributed by atoms with Gasteiger partial charge < -0.3 is 19.3 Å². The third-order valence-corrected chi connectivity index (χ3v) is 4.10. The van der Waals surface area contributed by atoms with Gasteiger partial charge in [-0.05, 0) is 69.3 Å². The highest BCUT2D eigenvalue weighted by atomic mass is 16.5. The molecule has 0 saturated heterocycles. The number of carbonyl (C=O) groups is 1. The summed E-state index contributed by atoms with van der Waals surface area (Å²) in [6.45, 7) is 6.64. The molecule has 1 aromatic heterocycles. The molecule has 6 heteroatoms. The average Bonchev–Trinajstić information content (AvgIpc) is 3.00. The number of ether oxygens (including phenoxy) is 2. The summed E-state index contributed by atoms with van der Waals surface area (Å²) in [6, 6.07) is 14.3. The van der Waals surface area contributed by atoms with Gasteiger partial charge in [0.05, 0.1) is 17.9 Å². The second kappa shape index (κ2) is 8.40. The van der Waals surface area contributed by atoms with E-state index >= 15 is 0 Å². The van der Waals surface area contributed by atoms with Crippen molar-refractivity contribution >= 4 is 11.6 Å². The molecule has 27 heavy (non-hydrogen) atoms. The zero-order valence-electron chi connectivity index (χ0n) is 15.6. The van der Waals surface area contributed by atoms with E-state index in [2.05, 4.69) is 10.5 Å². The van der Waals surface area contributed by atoms with Crippen LogP contribution in [0.15, 0.2) is 53.1 Å². The van der Waals surface area contributed by atoms with E-state index in [1.165, 1.54) is 0 Å². The van der Waals surface area contributed by atoms with Crippen molar-refractivity contribution in [1.82, 2.24) is 5.16 Å². The molecule has 0 saturated carbocycles. The molecular formula is C21H22N2O4. The highest BCUT2D eigenvalue weighted by Crippen LogP contribution is 2.19. The summed E-state index contributed by atoms with van der Waals surface area (Å²) in [6.07, 6.45) is 0. The molecule has 0 unspecified atom stereocenters. The smallest absolute Gasteiger partial charge is 0.255 e. The Kier molecular flexibility index (Phi) is 5.76. The number of carbonyl (C=O) groups excluding carboxylic acids is 1. The molecule has 1 heterocycles. The summed E-state index contributed by atoms with van der Waals surface area (Å²) >= 11 is 0. The van der Waals surface area contributed by atoms with Crippen molar-refractivity contribution in [1.29, 1.82) is 0 Å². The Balaban J connectivity index is 1.58. The van der Waals surface area contributed by atoms with Crippen LogP contribution in [0, 0.1) is 13.8 Å². The number of nitrogens with zero attached hydrogens (tertiary/aromatic N) is 1. The van der Waals surface area contributed by atoms with E-state index in [1.54, 1.807) is 24.3 Å². The lowest BCUT2D eigenvalue weighted by molar-refractivity contribution is 0.102. The van der Waals surface area contributed by atoms with E-state index in [4.69, 9.17) is 14.0 Å². The molecule has 0 spiro atoms. The van der Waals surface area contributed by atoms with Gasteiger partial charge in [0.1, 0.15) is 23.9 Å². The standard InChI is InChI=1S/C21H22N2O4/c1-4-25-18-11-7-17(8-12-18)22-21(24)16-5-9-19(10-6-16)26-13-20-14(2)23-27-15(20)3/h5-12H,4,13H2,1-3H3,(H,22,24). The fourth-order valence-corrected chi connectivity index (χ4v) is 2.57. The predicted molar refractivity (Wildman–Crippen MR) is 102 cm³/mol. The molecule has 1 amide bonds. The number of anilines is 1. The molecular weight excluding hydrogens is 344 g/mol. The zero-order chi connectivity index (χ0) is 19.2. The van der Waals surface area contributed by atoms with Crippen LogP contribution >= 0.6 is 0 Å². The third-order valence-electron chi connectivity index (χ3n) is 4.10. The van der Waals surface area contributed by atoms with Crippen LogP contribution < -0.4 is 14.8 Å². The van der Waals surface area contributed by atoms with Crippen LogP contribution in [-0.4, -0.2) is 17.7 Å². The first-order chi connectivity index (χ1) is 13.1. The molecule has 0 radical (unpaired) electrons. The van der Waals surface area contributed by atoms with Crippen molar-refractivity contribution in [3.63, 3.8) is 0 Å². The molecule has 0 fully saturated rings. The maximum Gasteiger partial charge on any atom is 0.255 e. The van der Waals surface area contributed by atoms with Crippen LogP contribution in [0.25, 0.3) is 0 Å². The van der Waals surface area contributed by atoms with Gasteiger partial charge in [0.2, 0.25) is 0 Å². The first kappa shape index (κ1) is 18.5. The topological polar surface area (TPSA) is 73.6 Å². The largest absolute Gasteiger partial charge is 0.494 e. The SMILES string of the molecule is CCOc1ccc(NC(=O)c2ccc(OCc3c(C)noc3C)cc2)cc1. The van der Waals surface area contributed by atoms with Crippen molar-refractivity contribution in [2.75, 3.05) is 11.9 Å². The number of amides is 1. The van der Waals surface area contributed by atoms with Gasteiger partial charge in [0, 0.05) is 11.3 Å². The summed E-state index contributed by atoms with van der Waals surface area (Å²) in [7, 11) is 0. The highest BCUT2D eigenvalue weighted by molar-refractivity contribution is 6.04. The molecule has 6 nitrogen and oxygen atoms in total. The van der Waals surface area contributed by atoms with E-state index in [0.29, 0.717) is 30.2 Å². The first-order valence-electron chi connectivity index (χ1n) is 8.75. The van der Waals surface area contributed by atoms with E-state index in [9.17, 15) is 4.79 Å². The normalized spacial score (nSPS) is 10.5. The summed E-state index contributed by atoms with van der Waals surface area (Å²) in [4.78, 5) is 12.4. The lowest BCUT2D eigenvalue weighted by atomic mass is 10.2. The number of aromatic nitrogens is 1. The molecule has 0 aliphatic rings. The maximum absolute atomic E-state index is 12.4. The number of rotatable bonds is 7. The van der Waals surface area contributed by atoms with E-state index in [-0.39, 0.29) is 5.91 Å². The van der Waals surface area contributed by atoms with Crippen molar-refractivity contribution < 1.29 is 18.8 Å². The van der Waals surface area contributed by atoms with Gasteiger partial charge in [-0.2, -0.15) is 0 Å². The average molecular weight is 366 g/mol. The predicted octanol–water partition coefficient (Wildman–Crippen LogP) is 4.52. The Morgan fingerprint density at radius 2 is 1.63 bits per heavy atom. The number of benzene rings is 2. The highest BCUT2D eigenvalue weighted by Gasteiger charge is 2.10. The van der Waals surface area contributed by atoms with Gasteiger partial charge in [-0.3, -0.25) is 4.79 Å². The molecule has 1 N–H and O–H groups in total. The van der Waals surface area contributed by atoms with Gasteiger partial charge in [0.25, 0.3) is 5.91 Å². The first-order valence-corrected chi connectivity index (χ1v) is 8.75. The van der Waals surface area contributed by atoms with Crippen LogP contribution in [-0.2, 0) is 6.61 Å². The van der Waals surface area contributed by atoms with Gasteiger partial charge in [0.15, 0.2) is 0 Å². The van der Waals surface area contributed by atoms with Gasteiger partial charge in [-0.1, -0.05) is 5.16 Å². The molecule has 0 aliphatic heterocycles. The fourth-order valence-electron chi connectivity index (χ4n) is 2.57. The summed E-state index contributed by atoms with van der Waals surface area (Å²) in [5.74, 6) is 2.01. The van der Waals surface area contributed by atoms with Crippen LogP contribution in [0.1, 0.15) is 34.3 Å². The fraction of sp³-hybridized carbons (Fsp3) is 0.238. The number of hydrogen-bond donors (Lipinski definition) is 1. The van der Waals surface area contributed by atoms with Crippen molar-refractivity contribution in [3.05, 3.63) is 71.1 Å². The van der Waals surface area contributed by atoms with Crippen molar-refractivity contribution in [2.45, 2.75) is 27.4 Å². The Hall–Kier alpha value is -3.28. The Labute approximate surface area is 158 Å². The minimum Gasteiger partial charge on any atom is -0.494 e. The monoisotopic (exact) mass is 366 g/mol. The van der Waals surface area contributed by atoms with Crippen molar-refractivity contribution in [2.24, 2.45) is 0 Å². The van der Waals surface area contributed by atoms with Gasteiger partial charge >= 0.3 is 0 Å². The van der Waals surface area contributed by atoms with Crippen LogP contribution in [0.5, 0.6) is 11.5 Å². The molecule has 0 aliphatic carbocycles. The van der Waals surface area contributed by atoms with E-state index in [0.717, 1.165) is 22.8 Å². The van der Waals surface area contributed by atoms with Gasteiger partial charge in [-0.25, -0.2) is 0 Å².